The average molecular weight is 926 g/mol. The molecule has 0 aliphatic heterocycles. The Bertz CT molecular complexity index is 1370. The van der Waals surface area contributed by atoms with E-state index in [0.717, 1.165) is 0 Å². The first-order valence-corrected chi connectivity index (χ1v) is 13.2. The molecule has 0 spiro atoms. The van der Waals surface area contributed by atoms with E-state index in [2.05, 4.69) is 18.8 Å². The van der Waals surface area contributed by atoms with E-state index < -0.39 is 133 Å². The Morgan fingerprint density at radius 1 is 0.464 bits per heavy atom. The number of esters is 2. The maximum Gasteiger partial charge on any atom is 0.385 e. The van der Waals surface area contributed by atoms with E-state index in [4.69, 9.17) is 5.26 Å². The van der Waals surface area contributed by atoms with E-state index in [0.29, 0.717) is 0 Å². The standard InChI is InChI=1S/C20H10F28O7S/c21-7(22)11(29,30)15(37,38)17(41,42)13(33,34)9(25,26)2-52-5(49)1-4(56-55-54-51)6(50)53-3-10(27,28)14(35,36)18(43,44)20(47,48)19(45,46)16(39,40)12(31,32)8(23)24/h4,7-8,51H,1-3H2. The molecule has 0 bridgehead atoms. The first-order chi connectivity index (χ1) is 24.3. The summed E-state index contributed by atoms with van der Waals surface area (Å²) in [5.41, 5.74) is 0. The van der Waals surface area contributed by atoms with Crippen molar-refractivity contribution in [1.82, 2.24) is 0 Å². The zero-order valence-corrected chi connectivity index (χ0v) is 25.6. The molecular weight excluding hydrogens is 916 g/mol. The Kier molecular flexibility index (Phi) is 15.3. The lowest BCUT2D eigenvalue weighted by Crippen LogP contribution is -2.74. The number of carbonyl (C=O) groups excluding carboxylic acids is 2. The van der Waals surface area contributed by atoms with Crippen LogP contribution in [0.15, 0.2) is 0 Å². The second kappa shape index (κ2) is 16.1. The highest BCUT2D eigenvalue weighted by molar-refractivity contribution is 7.95. The summed E-state index contributed by atoms with van der Waals surface area (Å²) in [5.74, 6) is -103. The zero-order chi connectivity index (χ0) is 45.5. The van der Waals surface area contributed by atoms with E-state index >= 15 is 0 Å². The van der Waals surface area contributed by atoms with Crippen molar-refractivity contribution in [2.24, 2.45) is 0 Å². The van der Waals surface area contributed by atoms with Gasteiger partial charge in [0.2, 0.25) is 0 Å². The third kappa shape index (κ3) is 8.50. The van der Waals surface area contributed by atoms with Crippen LogP contribution < -0.4 is 0 Å². The van der Waals surface area contributed by atoms with E-state index in [1.807, 2.05) is 0 Å². The van der Waals surface area contributed by atoms with Crippen molar-refractivity contribution in [1.29, 1.82) is 0 Å². The number of carbonyl (C=O) groups is 2. The summed E-state index contributed by atoms with van der Waals surface area (Å²) < 4.78 is 382. The predicted octanol–water partition coefficient (Wildman–Crippen LogP) is 9.05. The maximum atomic E-state index is 14.0. The topological polar surface area (TPSA) is 91.3 Å². The Labute approximate surface area is 290 Å². The van der Waals surface area contributed by atoms with Gasteiger partial charge >= 0.3 is 95.9 Å². The molecule has 0 aromatic heterocycles. The van der Waals surface area contributed by atoms with Crippen LogP contribution in [0.5, 0.6) is 0 Å². The van der Waals surface area contributed by atoms with Gasteiger partial charge in [0.15, 0.2) is 13.2 Å². The van der Waals surface area contributed by atoms with E-state index in [1.54, 1.807) is 0 Å². The highest BCUT2D eigenvalue weighted by Gasteiger charge is 2.94. The van der Waals surface area contributed by atoms with Crippen LogP contribution in [0.25, 0.3) is 0 Å². The summed E-state index contributed by atoms with van der Waals surface area (Å²) in [5, 5.41) is 7.40. The molecule has 0 radical (unpaired) electrons. The average Bonchev–Trinajstić information content (AvgIpc) is 3.03. The molecule has 0 aromatic carbocycles. The van der Waals surface area contributed by atoms with Gasteiger partial charge in [-0.05, 0) is 0 Å². The quantitative estimate of drug-likeness (QED) is 0.0379. The summed E-state index contributed by atoms with van der Waals surface area (Å²) in [6, 6.07) is 0. The molecule has 0 aliphatic rings. The summed E-state index contributed by atoms with van der Waals surface area (Å²) in [6.45, 7) is -7.71. The Hall–Kier alpha value is -2.79. The minimum absolute atomic E-state index is 1.18. The molecule has 0 fully saturated rings. The van der Waals surface area contributed by atoms with Crippen molar-refractivity contribution in [2.75, 3.05) is 13.2 Å². The third-order valence-electron chi connectivity index (χ3n) is 6.28. The van der Waals surface area contributed by atoms with Crippen molar-refractivity contribution >= 4 is 24.0 Å². The predicted molar refractivity (Wildman–Crippen MR) is 114 cm³/mol. The number of hydrogen-bond donors (Lipinski definition) is 1. The fourth-order valence-corrected chi connectivity index (χ4v) is 3.46. The van der Waals surface area contributed by atoms with Crippen LogP contribution in [0.2, 0.25) is 0 Å². The number of ether oxygens (including phenoxy) is 2. The van der Waals surface area contributed by atoms with E-state index in [1.165, 1.54) is 0 Å². The van der Waals surface area contributed by atoms with Crippen molar-refractivity contribution in [3.8, 4) is 0 Å². The van der Waals surface area contributed by atoms with Crippen LogP contribution >= 0.6 is 12.0 Å². The lowest BCUT2D eigenvalue weighted by atomic mass is 9.89. The minimum atomic E-state index is -8.91. The summed E-state index contributed by atoms with van der Waals surface area (Å²) in [6.07, 6.45) is -14.6. The lowest BCUT2D eigenvalue weighted by Gasteiger charge is -2.42. The van der Waals surface area contributed by atoms with Crippen LogP contribution in [0, 0.1) is 0 Å². The molecule has 0 saturated heterocycles. The van der Waals surface area contributed by atoms with Crippen molar-refractivity contribution < 1.29 is 157 Å². The number of alkyl halides is 28. The van der Waals surface area contributed by atoms with Crippen molar-refractivity contribution in [2.45, 2.75) is 95.6 Å². The molecule has 0 saturated carbocycles. The molecule has 1 unspecified atom stereocenters. The minimum Gasteiger partial charge on any atom is -0.459 e. The molecule has 334 valence electrons. The maximum absolute atomic E-state index is 14.0. The van der Waals surface area contributed by atoms with Gasteiger partial charge in [-0.1, -0.05) is 5.04 Å². The zero-order valence-electron chi connectivity index (χ0n) is 24.7. The molecule has 0 rings (SSSR count). The molecular formula is C20H10F28O7S. The highest BCUT2D eigenvalue weighted by atomic mass is 32.2. The van der Waals surface area contributed by atoms with Gasteiger partial charge in [-0.25, -0.2) is 22.8 Å². The van der Waals surface area contributed by atoms with Gasteiger partial charge in [0.1, 0.15) is 5.25 Å². The number of hydrogen-bond acceptors (Lipinski definition) is 8. The smallest absolute Gasteiger partial charge is 0.385 e. The molecule has 36 heteroatoms. The molecule has 7 nitrogen and oxygen atoms in total. The van der Waals surface area contributed by atoms with Crippen LogP contribution in [-0.4, -0.2) is 120 Å². The van der Waals surface area contributed by atoms with Crippen LogP contribution in [-0.2, 0) is 28.4 Å². The summed E-state index contributed by atoms with van der Waals surface area (Å²) in [4.78, 5) is 23.5. The fourth-order valence-electron chi connectivity index (χ4n) is 2.98. The Balaban J connectivity index is 6.31. The normalized spacial score (nSPS) is 16.1. The van der Waals surface area contributed by atoms with Gasteiger partial charge in [-0.15, -0.1) is 4.33 Å². The Morgan fingerprint density at radius 2 is 0.750 bits per heavy atom. The fraction of sp³-hybridized carbons (Fsp3) is 0.900. The van der Waals surface area contributed by atoms with Gasteiger partial charge in [0, 0.05) is 0 Å². The Morgan fingerprint density at radius 3 is 1.07 bits per heavy atom. The molecule has 0 aliphatic carbocycles. The van der Waals surface area contributed by atoms with Gasteiger partial charge in [-0.2, -0.15) is 105 Å². The third-order valence-corrected chi connectivity index (χ3v) is 7.01. The second-order valence-electron chi connectivity index (χ2n) is 10.1. The largest absolute Gasteiger partial charge is 0.459 e. The van der Waals surface area contributed by atoms with Gasteiger partial charge in [0.25, 0.3) is 0 Å². The molecule has 1 atom stereocenters. The van der Waals surface area contributed by atoms with Gasteiger partial charge in [-0.3, -0.25) is 9.59 Å². The van der Waals surface area contributed by atoms with Crippen LogP contribution in [0.1, 0.15) is 6.42 Å². The van der Waals surface area contributed by atoms with Gasteiger partial charge in [0.05, 0.1) is 18.5 Å². The molecule has 1 N–H and O–H groups in total. The summed E-state index contributed by atoms with van der Waals surface area (Å²) >= 11 is -1.18. The first kappa shape index (κ1) is 53.2. The molecule has 0 aromatic rings. The SMILES string of the molecule is O=C(CC(SOOO)C(=O)OCC(F)(F)C(F)(F)C(F)(F)C(F)(F)C(F)(F)C(F)(F)C(F)(F)C(F)F)OCC(F)(F)C(F)(F)C(F)(F)C(F)(F)C(F)(F)C(F)F. The van der Waals surface area contributed by atoms with E-state index in [9.17, 15) is 133 Å². The van der Waals surface area contributed by atoms with Crippen LogP contribution in [0.3, 0.4) is 0 Å². The molecule has 0 amide bonds. The van der Waals surface area contributed by atoms with Crippen molar-refractivity contribution in [3.05, 3.63) is 0 Å². The monoisotopic (exact) mass is 926 g/mol. The van der Waals surface area contributed by atoms with Crippen LogP contribution in [0.4, 0.5) is 123 Å². The second-order valence-corrected chi connectivity index (χ2v) is 10.9. The highest BCUT2D eigenvalue weighted by Crippen LogP contribution is 2.63. The van der Waals surface area contributed by atoms with Crippen molar-refractivity contribution in [3.63, 3.8) is 0 Å². The molecule has 0 heterocycles. The van der Waals surface area contributed by atoms with Gasteiger partial charge < -0.3 is 9.47 Å². The lowest BCUT2D eigenvalue weighted by molar-refractivity contribution is -0.447. The molecule has 56 heavy (non-hydrogen) atoms. The summed E-state index contributed by atoms with van der Waals surface area (Å²) in [7, 11) is 0. The number of halogens is 28. The number of rotatable bonds is 22. The first-order valence-electron chi connectivity index (χ1n) is 12.4. The van der Waals surface area contributed by atoms with E-state index in [-0.39, 0.29) is 0 Å².